The SMILES string of the molecule is CC(C)COC(=O)CCC(F)(F)C(F)(F)C(F)(F)C(F)(F)C(F)(F)C(F)(F)F. The van der Waals surface area contributed by atoms with Crippen LogP contribution in [0.15, 0.2) is 0 Å². The van der Waals surface area contributed by atoms with Gasteiger partial charge in [-0.2, -0.15) is 57.1 Å². The molecule has 0 bridgehead atoms. The van der Waals surface area contributed by atoms with Crippen LogP contribution in [-0.4, -0.2) is 48.4 Å². The molecule has 0 aromatic heterocycles. The summed E-state index contributed by atoms with van der Waals surface area (Å²) >= 11 is 0. The second-order valence-corrected chi connectivity index (χ2v) is 6.08. The Balaban J connectivity index is 5.71. The predicted octanol–water partition coefficient (Wildman–Crippen LogP) is 5.70. The van der Waals surface area contributed by atoms with Crippen LogP contribution in [0.2, 0.25) is 0 Å². The summed E-state index contributed by atoms with van der Waals surface area (Å²) in [5.74, 6) is -39.2. The zero-order chi connectivity index (χ0) is 23.0. The normalized spacial score (nSPS) is 15.1. The molecule has 0 aromatic carbocycles. The first kappa shape index (κ1) is 26.6. The van der Waals surface area contributed by atoms with E-state index < -0.39 is 61.2 Å². The van der Waals surface area contributed by atoms with Gasteiger partial charge < -0.3 is 4.74 Å². The van der Waals surface area contributed by atoms with Gasteiger partial charge in [0.05, 0.1) is 13.0 Å². The second-order valence-electron chi connectivity index (χ2n) is 6.08. The number of alkyl halides is 13. The van der Waals surface area contributed by atoms with Gasteiger partial charge in [-0.05, 0) is 5.92 Å². The monoisotopic (exact) mass is 448 g/mol. The van der Waals surface area contributed by atoms with Gasteiger partial charge in [0.1, 0.15) is 0 Å². The van der Waals surface area contributed by atoms with E-state index in [2.05, 4.69) is 4.74 Å². The lowest BCUT2D eigenvalue weighted by molar-refractivity contribution is -0.440. The fourth-order valence-corrected chi connectivity index (χ4v) is 1.55. The molecule has 0 saturated carbocycles. The second kappa shape index (κ2) is 7.76. The van der Waals surface area contributed by atoms with E-state index >= 15 is 0 Å². The average Bonchev–Trinajstić information content (AvgIpc) is 2.48. The third-order valence-electron chi connectivity index (χ3n) is 3.22. The Morgan fingerprint density at radius 2 is 1.11 bits per heavy atom. The zero-order valence-corrected chi connectivity index (χ0v) is 13.9. The van der Waals surface area contributed by atoms with Crippen molar-refractivity contribution in [1.82, 2.24) is 0 Å². The molecule has 2 nitrogen and oxygen atoms in total. The van der Waals surface area contributed by atoms with Crippen LogP contribution in [0, 0.1) is 5.92 Å². The molecule has 15 heteroatoms. The molecule has 0 rings (SSSR count). The lowest BCUT2D eigenvalue weighted by Gasteiger charge is -2.39. The van der Waals surface area contributed by atoms with E-state index in [4.69, 9.17) is 0 Å². The van der Waals surface area contributed by atoms with Crippen LogP contribution < -0.4 is 0 Å². The van der Waals surface area contributed by atoms with E-state index in [0.29, 0.717) is 0 Å². The standard InChI is InChI=1S/C13H13F13O2/c1-6(2)5-28-7(27)3-4-8(14,15)9(16,17)10(18,19)11(20,21)12(22,23)13(24,25)26/h6H,3-5H2,1-2H3. The Labute approximate surface area is 149 Å². The van der Waals surface area contributed by atoms with Crippen LogP contribution in [0.25, 0.3) is 0 Å². The Morgan fingerprint density at radius 3 is 1.46 bits per heavy atom. The highest BCUT2D eigenvalue weighted by Gasteiger charge is 2.90. The lowest BCUT2D eigenvalue weighted by atomic mass is 9.92. The summed E-state index contributed by atoms with van der Waals surface area (Å²) in [5.41, 5.74) is 0. The smallest absolute Gasteiger partial charge is 0.460 e. The summed E-state index contributed by atoms with van der Waals surface area (Å²) < 4.78 is 171. The summed E-state index contributed by atoms with van der Waals surface area (Å²) in [6.45, 7) is 2.51. The van der Waals surface area contributed by atoms with E-state index in [1.807, 2.05) is 0 Å². The number of esters is 1. The molecule has 0 atom stereocenters. The van der Waals surface area contributed by atoms with Crippen LogP contribution in [0.5, 0.6) is 0 Å². The van der Waals surface area contributed by atoms with E-state index in [1.54, 1.807) is 0 Å². The molecular weight excluding hydrogens is 435 g/mol. The van der Waals surface area contributed by atoms with E-state index in [0.717, 1.165) is 0 Å². The van der Waals surface area contributed by atoms with Crippen LogP contribution in [-0.2, 0) is 9.53 Å². The predicted molar refractivity (Wildman–Crippen MR) is 65.8 cm³/mol. The Morgan fingerprint density at radius 1 is 0.714 bits per heavy atom. The van der Waals surface area contributed by atoms with Gasteiger partial charge in [0.2, 0.25) is 0 Å². The van der Waals surface area contributed by atoms with Crippen molar-refractivity contribution in [1.29, 1.82) is 0 Å². The van der Waals surface area contributed by atoms with E-state index in [9.17, 15) is 61.9 Å². The van der Waals surface area contributed by atoms with Gasteiger partial charge in [-0.25, -0.2) is 0 Å². The number of hydrogen-bond acceptors (Lipinski definition) is 2. The molecule has 0 aromatic rings. The summed E-state index contributed by atoms with van der Waals surface area (Å²) in [5, 5.41) is 0. The molecule has 0 radical (unpaired) electrons. The molecule has 168 valence electrons. The van der Waals surface area contributed by atoms with Crippen molar-refractivity contribution in [2.24, 2.45) is 5.92 Å². The molecule has 0 heterocycles. The molecule has 0 spiro atoms. The van der Waals surface area contributed by atoms with E-state index in [1.165, 1.54) is 13.8 Å². The van der Waals surface area contributed by atoms with Crippen LogP contribution in [0.3, 0.4) is 0 Å². The molecule has 0 aliphatic heterocycles. The van der Waals surface area contributed by atoms with Crippen molar-refractivity contribution in [2.45, 2.75) is 62.5 Å². The minimum Gasteiger partial charge on any atom is -0.465 e. The van der Waals surface area contributed by atoms with Crippen molar-refractivity contribution in [3.05, 3.63) is 0 Å². The number of hydrogen-bond donors (Lipinski definition) is 0. The minimum absolute atomic E-state index is 0.362. The van der Waals surface area contributed by atoms with Gasteiger partial charge in [-0.15, -0.1) is 0 Å². The maximum Gasteiger partial charge on any atom is 0.460 e. The highest BCUT2D eigenvalue weighted by atomic mass is 19.4. The molecule has 0 aliphatic carbocycles. The van der Waals surface area contributed by atoms with Crippen molar-refractivity contribution < 1.29 is 66.6 Å². The minimum atomic E-state index is -7.94. The summed E-state index contributed by atoms with van der Waals surface area (Å²) in [6, 6.07) is 0. The average molecular weight is 448 g/mol. The number of halogens is 13. The van der Waals surface area contributed by atoms with Gasteiger partial charge in [0.15, 0.2) is 0 Å². The first-order valence-corrected chi connectivity index (χ1v) is 7.17. The van der Waals surface area contributed by atoms with Crippen LogP contribution in [0.4, 0.5) is 57.1 Å². The largest absolute Gasteiger partial charge is 0.465 e. The highest BCUT2D eigenvalue weighted by molar-refractivity contribution is 5.69. The van der Waals surface area contributed by atoms with Crippen molar-refractivity contribution in [3.63, 3.8) is 0 Å². The van der Waals surface area contributed by atoms with Gasteiger partial charge >= 0.3 is 41.8 Å². The van der Waals surface area contributed by atoms with Gasteiger partial charge in [0.25, 0.3) is 0 Å². The highest BCUT2D eigenvalue weighted by Crippen LogP contribution is 2.60. The van der Waals surface area contributed by atoms with Crippen LogP contribution in [0.1, 0.15) is 26.7 Å². The topological polar surface area (TPSA) is 26.3 Å². The van der Waals surface area contributed by atoms with Crippen molar-refractivity contribution in [2.75, 3.05) is 6.61 Å². The molecule has 0 fully saturated rings. The molecular formula is C13H13F13O2. The van der Waals surface area contributed by atoms with E-state index in [-0.39, 0.29) is 5.92 Å². The Hall–Kier alpha value is -1.44. The number of rotatable bonds is 9. The Bertz CT molecular complexity index is 551. The number of carbonyl (C=O) groups is 1. The summed E-state index contributed by atoms with van der Waals surface area (Å²) in [4.78, 5) is 11.1. The molecule has 28 heavy (non-hydrogen) atoms. The quantitative estimate of drug-likeness (QED) is 0.334. The maximum atomic E-state index is 13.4. The lowest BCUT2D eigenvalue weighted by Crippen LogP contribution is -2.70. The molecule has 0 unspecified atom stereocenters. The van der Waals surface area contributed by atoms with Gasteiger partial charge in [-0.1, -0.05) is 13.8 Å². The molecule has 0 saturated heterocycles. The third kappa shape index (κ3) is 4.58. The summed E-state index contributed by atoms with van der Waals surface area (Å²) in [6.07, 6.45) is -11.8. The molecule has 0 N–H and O–H groups in total. The van der Waals surface area contributed by atoms with Crippen molar-refractivity contribution in [3.8, 4) is 0 Å². The molecule has 0 aliphatic rings. The van der Waals surface area contributed by atoms with Crippen molar-refractivity contribution >= 4 is 5.97 Å². The van der Waals surface area contributed by atoms with Gasteiger partial charge in [-0.3, -0.25) is 4.79 Å². The number of ether oxygens (including phenoxy) is 1. The molecule has 0 amide bonds. The van der Waals surface area contributed by atoms with Crippen LogP contribution >= 0.6 is 0 Å². The fourth-order valence-electron chi connectivity index (χ4n) is 1.55. The fraction of sp³-hybridized carbons (Fsp3) is 0.923. The Kier molecular flexibility index (Phi) is 7.37. The third-order valence-corrected chi connectivity index (χ3v) is 3.22. The number of carbonyl (C=O) groups excluding carboxylic acids is 1. The maximum absolute atomic E-state index is 13.4. The first-order valence-electron chi connectivity index (χ1n) is 7.17. The van der Waals surface area contributed by atoms with Gasteiger partial charge in [0, 0.05) is 6.42 Å². The summed E-state index contributed by atoms with van der Waals surface area (Å²) in [7, 11) is 0. The first-order chi connectivity index (χ1) is 12.1. The zero-order valence-electron chi connectivity index (χ0n) is 13.9.